The van der Waals surface area contributed by atoms with Gasteiger partial charge in [0.2, 0.25) is 3.79 Å². The standard InChI is InChI=1S/C22H19Cl3N4/c1-16-14-17(26-28(16)19-8-4-2-5-9-19)12-13-18-15-21(22(23,24)25)29(27-18)20-10-6-3-7-11-20/h2-11,14-15H,12-13H2,1H3. The zero-order valence-electron chi connectivity index (χ0n) is 15.8. The van der Waals surface area contributed by atoms with Crippen molar-refractivity contribution in [2.24, 2.45) is 0 Å². The van der Waals surface area contributed by atoms with Crippen LogP contribution in [0.5, 0.6) is 0 Å². The Morgan fingerprint density at radius 2 is 1.21 bits per heavy atom. The Morgan fingerprint density at radius 1 is 0.724 bits per heavy atom. The quantitative estimate of drug-likeness (QED) is 0.354. The molecule has 0 radical (unpaired) electrons. The molecule has 0 amide bonds. The van der Waals surface area contributed by atoms with Gasteiger partial charge >= 0.3 is 0 Å². The number of benzene rings is 2. The van der Waals surface area contributed by atoms with E-state index in [1.54, 1.807) is 4.68 Å². The van der Waals surface area contributed by atoms with Crippen LogP contribution in [0.2, 0.25) is 0 Å². The number of aromatic nitrogens is 4. The third kappa shape index (κ3) is 4.50. The minimum Gasteiger partial charge on any atom is -0.238 e. The first-order valence-corrected chi connectivity index (χ1v) is 10.4. The van der Waals surface area contributed by atoms with Crippen molar-refractivity contribution in [3.05, 3.63) is 95.6 Å². The van der Waals surface area contributed by atoms with Crippen LogP contribution < -0.4 is 0 Å². The lowest BCUT2D eigenvalue weighted by Crippen LogP contribution is -2.10. The van der Waals surface area contributed by atoms with Crippen LogP contribution in [0.15, 0.2) is 72.8 Å². The minimum atomic E-state index is -1.56. The molecule has 0 aliphatic carbocycles. The Hall–Kier alpha value is -2.27. The Bertz CT molecular complexity index is 1100. The molecule has 0 atom stereocenters. The van der Waals surface area contributed by atoms with Crippen molar-refractivity contribution in [1.82, 2.24) is 19.6 Å². The molecule has 0 unspecified atom stereocenters. The third-order valence-electron chi connectivity index (χ3n) is 4.63. The van der Waals surface area contributed by atoms with E-state index in [-0.39, 0.29) is 0 Å². The van der Waals surface area contributed by atoms with Gasteiger partial charge in [-0.05, 0) is 56.2 Å². The molecule has 0 N–H and O–H groups in total. The highest BCUT2D eigenvalue weighted by molar-refractivity contribution is 6.66. The Kier molecular flexibility index (Phi) is 5.68. The molecule has 4 rings (SSSR count). The Balaban J connectivity index is 1.57. The van der Waals surface area contributed by atoms with Crippen molar-refractivity contribution in [3.8, 4) is 11.4 Å². The van der Waals surface area contributed by atoms with Gasteiger partial charge in [0.05, 0.1) is 28.5 Å². The normalized spacial score (nSPS) is 11.7. The first kappa shape index (κ1) is 20.0. The van der Waals surface area contributed by atoms with Gasteiger partial charge in [-0.25, -0.2) is 9.36 Å². The highest BCUT2D eigenvalue weighted by Gasteiger charge is 2.29. The molecule has 0 bridgehead atoms. The number of nitrogens with zero attached hydrogens (tertiary/aromatic N) is 4. The van der Waals surface area contributed by atoms with Gasteiger partial charge in [-0.1, -0.05) is 71.2 Å². The second-order valence-corrected chi connectivity index (χ2v) is 9.07. The number of alkyl halides is 3. The average Bonchev–Trinajstić information content (AvgIpc) is 3.31. The molecule has 4 nitrogen and oxygen atoms in total. The summed E-state index contributed by atoms with van der Waals surface area (Å²) in [6.45, 7) is 2.05. The van der Waals surface area contributed by atoms with Crippen LogP contribution in [0.4, 0.5) is 0 Å². The molecule has 29 heavy (non-hydrogen) atoms. The summed E-state index contributed by atoms with van der Waals surface area (Å²) in [6, 6.07) is 23.7. The molecule has 2 aromatic carbocycles. The third-order valence-corrected chi connectivity index (χ3v) is 5.21. The van der Waals surface area contributed by atoms with Crippen LogP contribution in [-0.4, -0.2) is 19.6 Å². The fraction of sp³-hybridized carbons (Fsp3) is 0.182. The summed E-state index contributed by atoms with van der Waals surface area (Å²) >= 11 is 18.6. The van der Waals surface area contributed by atoms with Gasteiger partial charge in [-0.3, -0.25) is 0 Å². The predicted molar refractivity (Wildman–Crippen MR) is 119 cm³/mol. The zero-order valence-corrected chi connectivity index (χ0v) is 18.0. The fourth-order valence-electron chi connectivity index (χ4n) is 3.27. The molecule has 0 saturated carbocycles. The molecule has 0 aliphatic rings. The van der Waals surface area contributed by atoms with E-state index in [0.29, 0.717) is 12.1 Å². The van der Waals surface area contributed by atoms with Gasteiger partial charge in [0, 0.05) is 5.69 Å². The first-order chi connectivity index (χ1) is 13.9. The maximum absolute atomic E-state index is 6.19. The summed E-state index contributed by atoms with van der Waals surface area (Å²) in [5, 5.41) is 9.41. The Labute approximate surface area is 184 Å². The molecule has 148 valence electrons. The van der Waals surface area contributed by atoms with Gasteiger partial charge in [-0.15, -0.1) is 0 Å². The van der Waals surface area contributed by atoms with E-state index >= 15 is 0 Å². The van der Waals surface area contributed by atoms with Crippen LogP contribution in [-0.2, 0) is 16.6 Å². The van der Waals surface area contributed by atoms with E-state index in [2.05, 4.69) is 18.1 Å². The first-order valence-electron chi connectivity index (χ1n) is 9.24. The van der Waals surface area contributed by atoms with Crippen LogP contribution in [0.3, 0.4) is 0 Å². The van der Waals surface area contributed by atoms with Crippen molar-refractivity contribution < 1.29 is 0 Å². The van der Waals surface area contributed by atoms with Gasteiger partial charge < -0.3 is 0 Å². The van der Waals surface area contributed by atoms with Crippen molar-refractivity contribution in [1.29, 1.82) is 0 Å². The average molecular weight is 446 g/mol. The van der Waals surface area contributed by atoms with E-state index in [1.807, 2.05) is 71.4 Å². The summed E-state index contributed by atoms with van der Waals surface area (Å²) in [5.41, 5.74) is 5.35. The van der Waals surface area contributed by atoms with Gasteiger partial charge in [-0.2, -0.15) is 10.2 Å². The lowest BCUT2D eigenvalue weighted by molar-refractivity contribution is 0.767. The highest BCUT2D eigenvalue weighted by atomic mass is 35.6. The maximum atomic E-state index is 6.19. The summed E-state index contributed by atoms with van der Waals surface area (Å²) in [6.07, 6.45) is 1.44. The second kappa shape index (κ2) is 8.23. The number of para-hydroxylation sites is 2. The largest absolute Gasteiger partial charge is 0.238 e. The minimum absolute atomic E-state index is 0.523. The van der Waals surface area contributed by atoms with Crippen molar-refractivity contribution in [2.45, 2.75) is 23.6 Å². The van der Waals surface area contributed by atoms with E-state index in [0.717, 1.165) is 34.9 Å². The van der Waals surface area contributed by atoms with Crippen LogP contribution in [0, 0.1) is 6.92 Å². The van der Waals surface area contributed by atoms with Gasteiger partial charge in [0.1, 0.15) is 0 Å². The molecule has 7 heteroatoms. The topological polar surface area (TPSA) is 35.6 Å². The summed E-state index contributed by atoms with van der Waals surface area (Å²) in [4.78, 5) is 0. The highest BCUT2D eigenvalue weighted by Crippen LogP contribution is 2.39. The number of hydrogen-bond donors (Lipinski definition) is 0. The monoisotopic (exact) mass is 444 g/mol. The molecular formula is C22H19Cl3N4. The van der Waals surface area contributed by atoms with Crippen LogP contribution in [0.1, 0.15) is 22.8 Å². The molecule has 2 aromatic heterocycles. The fourth-order valence-corrected chi connectivity index (χ4v) is 3.67. The van der Waals surface area contributed by atoms with E-state index in [9.17, 15) is 0 Å². The van der Waals surface area contributed by atoms with Crippen molar-refractivity contribution in [2.75, 3.05) is 0 Å². The second-order valence-electron chi connectivity index (χ2n) is 6.79. The van der Waals surface area contributed by atoms with E-state index in [1.165, 1.54) is 0 Å². The van der Waals surface area contributed by atoms with Crippen LogP contribution in [0.25, 0.3) is 11.4 Å². The number of aryl methyl sites for hydroxylation is 3. The molecule has 0 spiro atoms. The zero-order chi connectivity index (χ0) is 20.4. The maximum Gasteiger partial charge on any atom is 0.232 e. The SMILES string of the molecule is Cc1cc(CCc2cc(C(Cl)(Cl)Cl)n(-c3ccccc3)n2)nn1-c1ccccc1. The van der Waals surface area contributed by atoms with Crippen molar-refractivity contribution >= 4 is 34.8 Å². The van der Waals surface area contributed by atoms with E-state index < -0.39 is 3.79 Å². The van der Waals surface area contributed by atoms with Gasteiger partial charge in [0.25, 0.3) is 0 Å². The Morgan fingerprint density at radius 3 is 1.76 bits per heavy atom. The number of halogens is 3. The molecular weight excluding hydrogens is 427 g/mol. The summed E-state index contributed by atoms with van der Waals surface area (Å²) in [5.74, 6) is 0. The predicted octanol–water partition coefficient (Wildman–Crippen LogP) is 5.98. The summed E-state index contributed by atoms with van der Waals surface area (Å²) < 4.78 is 2.08. The lowest BCUT2D eigenvalue weighted by Gasteiger charge is -2.13. The summed E-state index contributed by atoms with van der Waals surface area (Å²) in [7, 11) is 0. The molecule has 0 fully saturated rings. The number of hydrogen-bond acceptors (Lipinski definition) is 2. The van der Waals surface area contributed by atoms with Crippen molar-refractivity contribution in [3.63, 3.8) is 0 Å². The number of rotatable bonds is 5. The smallest absolute Gasteiger partial charge is 0.232 e. The molecule has 4 aromatic rings. The molecule has 2 heterocycles. The van der Waals surface area contributed by atoms with Gasteiger partial charge in [0.15, 0.2) is 0 Å². The van der Waals surface area contributed by atoms with Crippen LogP contribution >= 0.6 is 34.8 Å². The molecule has 0 aliphatic heterocycles. The van der Waals surface area contributed by atoms with E-state index in [4.69, 9.17) is 39.9 Å². The lowest BCUT2D eigenvalue weighted by atomic mass is 10.2. The molecule has 0 saturated heterocycles.